The first-order chi connectivity index (χ1) is 18.4. The van der Waals surface area contributed by atoms with E-state index in [0.29, 0.717) is 35.1 Å². The van der Waals surface area contributed by atoms with Gasteiger partial charge >= 0.3 is 5.97 Å². The molecule has 0 saturated heterocycles. The van der Waals surface area contributed by atoms with E-state index >= 15 is 0 Å². The summed E-state index contributed by atoms with van der Waals surface area (Å²) in [5.74, 6) is -0.625. The summed E-state index contributed by atoms with van der Waals surface area (Å²) in [4.78, 5) is 27.7. The van der Waals surface area contributed by atoms with Crippen molar-refractivity contribution in [3.63, 3.8) is 0 Å². The number of carbonyl (C=O) groups is 2. The molecule has 2 N–H and O–H groups in total. The summed E-state index contributed by atoms with van der Waals surface area (Å²) >= 11 is 5.55. The van der Waals surface area contributed by atoms with Crippen LogP contribution >= 0.6 is 12.2 Å². The van der Waals surface area contributed by atoms with Crippen molar-refractivity contribution in [3.8, 4) is 11.1 Å². The van der Waals surface area contributed by atoms with Gasteiger partial charge in [-0.15, -0.1) is 0 Å². The summed E-state index contributed by atoms with van der Waals surface area (Å²) in [6, 6.07) is 24.4. The summed E-state index contributed by atoms with van der Waals surface area (Å²) in [5, 5.41) is 6.75. The molecular weight excluding hydrogens is 498 g/mol. The minimum Gasteiger partial charge on any atom is -0.460 e. The second-order valence-corrected chi connectivity index (χ2v) is 9.16. The maximum absolute atomic E-state index is 13.0. The van der Waals surface area contributed by atoms with Crippen molar-refractivity contribution in [2.75, 3.05) is 32.2 Å². The number of methoxy groups -OCH3 is 1. The molecule has 8 heteroatoms. The molecule has 7 nitrogen and oxygen atoms in total. The molecule has 1 aliphatic heterocycles. The van der Waals surface area contributed by atoms with Gasteiger partial charge in [0.05, 0.1) is 18.2 Å². The lowest BCUT2D eigenvalue weighted by Crippen LogP contribution is -2.47. The summed E-state index contributed by atoms with van der Waals surface area (Å²) in [6.07, 6.45) is 0. The minimum atomic E-state index is -0.476. The molecule has 0 aromatic heterocycles. The third kappa shape index (κ3) is 6.10. The maximum Gasteiger partial charge on any atom is 0.338 e. The van der Waals surface area contributed by atoms with E-state index in [-0.39, 0.29) is 12.5 Å². The summed E-state index contributed by atoms with van der Waals surface area (Å²) < 4.78 is 10.5. The zero-order valence-electron chi connectivity index (χ0n) is 21.7. The van der Waals surface area contributed by atoms with Crippen molar-refractivity contribution < 1.29 is 19.1 Å². The van der Waals surface area contributed by atoms with Crippen molar-refractivity contribution in [1.29, 1.82) is 0 Å². The molecule has 3 aromatic carbocycles. The Morgan fingerprint density at radius 1 is 0.947 bits per heavy atom. The number of nitrogens with one attached hydrogen (secondary N) is 2. The Morgan fingerprint density at radius 2 is 1.61 bits per heavy atom. The van der Waals surface area contributed by atoms with Crippen molar-refractivity contribution >= 4 is 34.9 Å². The van der Waals surface area contributed by atoms with E-state index in [1.807, 2.05) is 97.6 Å². The van der Waals surface area contributed by atoms with Crippen LogP contribution in [-0.2, 0) is 14.3 Å². The van der Waals surface area contributed by atoms with Crippen LogP contribution in [-0.4, -0.2) is 48.8 Å². The number of thiocarbonyl (C=S) groups is 1. The van der Waals surface area contributed by atoms with Gasteiger partial charge in [0.2, 0.25) is 0 Å². The molecule has 4 rings (SSSR count). The van der Waals surface area contributed by atoms with Gasteiger partial charge in [0.15, 0.2) is 5.11 Å². The molecule has 38 heavy (non-hydrogen) atoms. The number of nitrogens with zero attached hydrogens (tertiary/aromatic N) is 1. The van der Waals surface area contributed by atoms with Crippen molar-refractivity contribution in [3.05, 3.63) is 101 Å². The molecule has 1 atom stereocenters. The van der Waals surface area contributed by atoms with Gasteiger partial charge in [-0.3, -0.25) is 4.79 Å². The molecule has 0 aliphatic carbocycles. The highest BCUT2D eigenvalue weighted by Gasteiger charge is 2.34. The van der Waals surface area contributed by atoms with Gasteiger partial charge in [0, 0.05) is 30.6 Å². The summed E-state index contributed by atoms with van der Waals surface area (Å²) in [5.41, 5.74) is 5.42. The number of ether oxygens (including phenoxy) is 2. The lowest BCUT2D eigenvalue weighted by Gasteiger charge is -2.37. The third-order valence-corrected chi connectivity index (χ3v) is 6.75. The standard InChI is InChI=1S/C30H31N3O4S/c1-4-33-20(2)26(29(35)37-19-18-36-3)27(32-30(33)38)23-14-16-25(17-15-23)31-28(34)24-12-10-22(11-13-24)21-8-6-5-7-9-21/h5-17,27H,4,18-19H2,1-3H3,(H,31,34)(H,32,38). The van der Waals surface area contributed by atoms with E-state index in [0.717, 1.165) is 22.4 Å². The normalized spacial score (nSPS) is 15.2. The largest absolute Gasteiger partial charge is 0.460 e. The fourth-order valence-corrected chi connectivity index (χ4v) is 4.76. The van der Waals surface area contributed by atoms with Gasteiger partial charge in [-0.25, -0.2) is 4.79 Å². The fraction of sp³-hybridized carbons (Fsp3) is 0.233. The van der Waals surface area contributed by atoms with Gasteiger partial charge in [0.25, 0.3) is 5.91 Å². The van der Waals surface area contributed by atoms with E-state index in [1.165, 1.54) is 0 Å². The number of rotatable bonds is 9. The van der Waals surface area contributed by atoms with Crippen LogP contribution < -0.4 is 10.6 Å². The van der Waals surface area contributed by atoms with Crippen LogP contribution in [0.25, 0.3) is 11.1 Å². The van der Waals surface area contributed by atoms with E-state index < -0.39 is 12.0 Å². The molecule has 1 heterocycles. The van der Waals surface area contributed by atoms with Crippen LogP contribution in [0.15, 0.2) is 90.1 Å². The quantitative estimate of drug-likeness (QED) is 0.221. The number of hydrogen-bond donors (Lipinski definition) is 2. The molecule has 0 fully saturated rings. The Kier molecular flexibility index (Phi) is 8.89. The van der Waals surface area contributed by atoms with Crippen LogP contribution in [0.1, 0.15) is 35.8 Å². The van der Waals surface area contributed by atoms with Crippen LogP contribution in [0.5, 0.6) is 0 Å². The average molecular weight is 530 g/mol. The number of carbonyl (C=O) groups excluding carboxylic acids is 2. The third-order valence-electron chi connectivity index (χ3n) is 6.41. The first-order valence-corrected chi connectivity index (χ1v) is 12.9. The van der Waals surface area contributed by atoms with Crippen molar-refractivity contribution in [2.24, 2.45) is 0 Å². The molecule has 0 bridgehead atoms. The van der Waals surface area contributed by atoms with E-state index in [1.54, 1.807) is 7.11 Å². The predicted octanol–water partition coefficient (Wildman–Crippen LogP) is 5.32. The Morgan fingerprint density at radius 3 is 2.24 bits per heavy atom. The molecule has 0 radical (unpaired) electrons. The van der Waals surface area contributed by atoms with Gasteiger partial charge in [0.1, 0.15) is 6.61 Å². The topological polar surface area (TPSA) is 79.9 Å². The van der Waals surface area contributed by atoms with Gasteiger partial charge in [-0.1, -0.05) is 54.6 Å². The SMILES string of the molecule is CCN1C(=S)NC(c2ccc(NC(=O)c3ccc(-c4ccccc4)cc3)cc2)C(C(=O)OCCOC)=C1C. The highest BCUT2D eigenvalue weighted by molar-refractivity contribution is 7.80. The Labute approximate surface area is 228 Å². The maximum atomic E-state index is 13.0. The average Bonchev–Trinajstić information content (AvgIpc) is 2.94. The minimum absolute atomic E-state index is 0.159. The number of amides is 1. The second-order valence-electron chi connectivity index (χ2n) is 8.77. The van der Waals surface area contributed by atoms with Crippen LogP contribution in [0.2, 0.25) is 0 Å². The Bertz CT molecular complexity index is 1320. The van der Waals surface area contributed by atoms with Crippen molar-refractivity contribution in [1.82, 2.24) is 10.2 Å². The van der Waals surface area contributed by atoms with Crippen LogP contribution in [0, 0.1) is 0 Å². The molecule has 196 valence electrons. The Hall–Kier alpha value is -4.01. The monoisotopic (exact) mass is 529 g/mol. The fourth-order valence-electron chi connectivity index (χ4n) is 4.38. The van der Waals surface area contributed by atoms with Gasteiger partial charge in [-0.2, -0.15) is 0 Å². The molecule has 3 aromatic rings. The van der Waals surface area contributed by atoms with Crippen molar-refractivity contribution in [2.45, 2.75) is 19.9 Å². The lowest BCUT2D eigenvalue weighted by molar-refractivity contribution is -0.140. The second kappa shape index (κ2) is 12.5. The molecule has 1 unspecified atom stereocenters. The molecule has 0 saturated carbocycles. The Balaban J connectivity index is 1.49. The molecule has 1 aliphatic rings. The number of allylic oxidation sites excluding steroid dienone is 1. The predicted molar refractivity (Wildman–Crippen MR) is 153 cm³/mol. The number of esters is 1. The number of hydrogen-bond acceptors (Lipinski definition) is 5. The lowest BCUT2D eigenvalue weighted by atomic mass is 9.95. The molecule has 1 amide bonds. The first-order valence-electron chi connectivity index (χ1n) is 12.4. The summed E-state index contributed by atoms with van der Waals surface area (Å²) in [6.45, 7) is 4.94. The van der Waals surface area contributed by atoms with Gasteiger partial charge in [-0.05, 0) is 67.0 Å². The van der Waals surface area contributed by atoms with Gasteiger partial charge < -0.3 is 25.0 Å². The number of benzene rings is 3. The zero-order valence-corrected chi connectivity index (χ0v) is 22.5. The van der Waals surface area contributed by atoms with Crippen LogP contribution in [0.4, 0.5) is 5.69 Å². The first kappa shape index (κ1) is 27.0. The highest BCUT2D eigenvalue weighted by Crippen LogP contribution is 2.32. The highest BCUT2D eigenvalue weighted by atomic mass is 32.1. The van der Waals surface area contributed by atoms with Crippen LogP contribution in [0.3, 0.4) is 0 Å². The van der Waals surface area contributed by atoms with E-state index in [2.05, 4.69) is 10.6 Å². The van der Waals surface area contributed by atoms with E-state index in [4.69, 9.17) is 21.7 Å². The summed E-state index contributed by atoms with van der Waals surface area (Å²) in [7, 11) is 1.56. The number of anilines is 1. The van der Waals surface area contributed by atoms with E-state index in [9.17, 15) is 9.59 Å². The molecular formula is C30H31N3O4S. The zero-order chi connectivity index (χ0) is 27.1. The smallest absolute Gasteiger partial charge is 0.338 e. The molecule has 0 spiro atoms.